The summed E-state index contributed by atoms with van der Waals surface area (Å²) in [6.07, 6.45) is -1.01. The number of aromatic nitrogens is 2. The topological polar surface area (TPSA) is 101 Å². The third-order valence-corrected chi connectivity index (χ3v) is 3.97. The van der Waals surface area contributed by atoms with E-state index < -0.39 is 17.6 Å². The Morgan fingerprint density at radius 1 is 1.25 bits per heavy atom. The normalized spacial score (nSPS) is 12.5. The van der Waals surface area contributed by atoms with Crippen LogP contribution in [0.4, 0.5) is 5.69 Å². The highest BCUT2D eigenvalue weighted by Crippen LogP contribution is 2.36. The Morgan fingerprint density at radius 2 is 2.00 bits per heavy atom. The van der Waals surface area contributed by atoms with Gasteiger partial charge in [-0.15, -0.1) is 0 Å². The molecule has 0 fully saturated rings. The van der Waals surface area contributed by atoms with Crippen molar-refractivity contribution in [2.24, 2.45) is 0 Å². The van der Waals surface area contributed by atoms with Gasteiger partial charge in [0, 0.05) is 0 Å². The van der Waals surface area contributed by atoms with Crippen molar-refractivity contribution in [2.75, 3.05) is 6.61 Å². The molecule has 0 amide bonds. The van der Waals surface area contributed by atoms with Crippen LogP contribution in [0.2, 0.25) is 5.02 Å². The molecule has 1 atom stereocenters. The second-order valence-electron chi connectivity index (χ2n) is 5.26. The zero-order chi connectivity index (χ0) is 17.3. The fourth-order valence-electron chi connectivity index (χ4n) is 2.62. The predicted octanol–water partition coefficient (Wildman–Crippen LogP) is 2.62. The quantitative estimate of drug-likeness (QED) is 0.545. The third-order valence-electron chi connectivity index (χ3n) is 3.67. The molecule has 1 aromatic heterocycles. The molecule has 0 aliphatic carbocycles. The van der Waals surface area contributed by atoms with Gasteiger partial charge in [0.2, 0.25) is 0 Å². The third kappa shape index (κ3) is 2.84. The zero-order valence-corrected chi connectivity index (χ0v) is 13.2. The van der Waals surface area contributed by atoms with Crippen molar-refractivity contribution in [3.63, 3.8) is 0 Å². The van der Waals surface area contributed by atoms with Crippen molar-refractivity contribution < 1.29 is 15.1 Å². The number of rotatable bonds is 5. The molecule has 0 bridgehead atoms. The van der Waals surface area contributed by atoms with E-state index in [1.54, 1.807) is 34.9 Å². The minimum absolute atomic E-state index is 0.0128. The summed E-state index contributed by atoms with van der Waals surface area (Å²) in [4.78, 5) is 15.3. The zero-order valence-electron chi connectivity index (χ0n) is 12.5. The van der Waals surface area contributed by atoms with Crippen LogP contribution in [0.1, 0.15) is 0 Å². The number of imidazole rings is 1. The average Bonchev–Trinajstić information content (AvgIpc) is 2.92. The second-order valence-corrected chi connectivity index (χ2v) is 5.67. The summed E-state index contributed by atoms with van der Waals surface area (Å²) in [5, 5.41) is 30.4. The highest BCUT2D eigenvalue weighted by Gasteiger charge is 2.25. The Morgan fingerprint density at radius 3 is 2.71 bits per heavy atom. The van der Waals surface area contributed by atoms with Gasteiger partial charge in [0.15, 0.2) is 0 Å². The number of hydrogen-bond acceptors (Lipinski definition) is 5. The van der Waals surface area contributed by atoms with Gasteiger partial charge < -0.3 is 14.8 Å². The monoisotopic (exact) mass is 347 g/mol. The molecule has 2 aromatic carbocycles. The lowest BCUT2D eigenvalue weighted by atomic mass is 10.1. The van der Waals surface area contributed by atoms with Crippen LogP contribution < -0.4 is 0 Å². The number of aliphatic hydroxyl groups excluding tert-OH is 2. The van der Waals surface area contributed by atoms with Gasteiger partial charge in [-0.2, -0.15) is 0 Å². The maximum Gasteiger partial charge on any atom is 0.298 e. The number of fused-ring (bicyclic) bond motifs is 1. The lowest BCUT2D eigenvalue weighted by Crippen LogP contribution is -2.20. The molecule has 3 aromatic rings. The predicted molar refractivity (Wildman–Crippen MR) is 89.9 cm³/mol. The fourth-order valence-corrected chi connectivity index (χ4v) is 2.86. The van der Waals surface area contributed by atoms with Crippen molar-refractivity contribution in [3.05, 3.63) is 57.6 Å². The number of nitro benzene ring substituents is 1. The molecular weight excluding hydrogens is 334 g/mol. The molecule has 24 heavy (non-hydrogen) atoms. The summed E-state index contributed by atoms with van der Waals surface area (Å²) in [6, 6.07) is 11.8. The van der Waals surface area contributed by atoms with Crippen LogP contribution in [0.25, 0.3) is 22.4 Å². The van der Waals surface area contributed by atoms with Crippen LogP contribution in [0.3, 0.4) is 0 Å². The maximum absolute atomic E-state index is 11.4. The number of aliphatic hydroxyl groups is 2. The summed E-state index contributed by atoms with van der Waals surface area (Å²) in [7, 11) is 0. The standard InChI is InChI=1S/C16H14ClN3O4/c17-12-5-3-4-11(15(12)20(23)24)16-18-13-6-1-2-7-14(13)19(16)8-10(22)9-21/h1-7,10,21-22H,8-9H2. The molecule has 1 heterocycles. The first-order chi connectivity index (χ1) is 11.5. The van der Waals surface area contributed by atoms with E-state index >= 15 is 0 Å². The molecule has 0 aliphatic rings. The van der Waals surface area contributed by atoms with Crippen molar-refractivity contribution in [2.45, 2.75) is 12.6 Å². The molecule has 3 rings (SSSR count). The Hall–Kier alpha value is -2.48. The molecular formula is C16H14ClN3O4. The fraction of sp³-hybridized carbons (Fsp3) is 0.188. The smallest absolute Gasteiger partial charge is 0.298 e. The van der Waals surface area contributed by atoms with E-state index in [2.05, 4.69) is 4.98 Å². The molecule has 0 radical (unpaired) electrons. The summed E-state index contributed by atoms with van der Waals surface area (Å²) in [6.45, 7) is -0.375. The molecule has 1 unspecified atom stereocenters. The van der Waals surface area contributed by atoms with E-state index in [1.807, 2.05) is 6.07 Å². The van der Waals surface area contributed by atoms with Gasteiger partial charge >= 0.3 is 0 Å². The van der Waals surface area contributed by atoms with Crippen LogP contribution in [0, 0.1) is 10.1 Å². The molecule has 0 aliphatic heterocycles. The van der Waals surface area contributed by atoms with E-state index in [0.29, 0.717) is 16.9 Å². The van der Waals surface area contributed by atoms with Gasteiger partial charge in [0.1, 0.15) is 10.8 Å². The summed E-state index contributed by atoms with van der Waals surface area (Å²) >= 11 is 5.99. The highest BCUT2D eigenvalue weighted by atomic mass is 35.5. The largest absolute Gasteiger partial charge is 0.394 e. The van der Waals surface area contributed by atoms with E-state index in [-0.39, 0.29) is 22.8 Å². The van der Waals surface area contributed by atoms with E-state index in [4.69, 9.17) is 16.7 Å². The Labute approximate surface area is 141 Å². The first-order valence-electron chi connectivity index (χ1n) is 7.20. The Balaban J connectivity index is 2.29. The number of nitrogens with zero attached hydrogens (tertiary/aromatic N) is 3. The summed E-state index contributed by atoms with van der Waals surface area (Å²) in [5.41, 5.74) is 1.35. The van der Waals surface area contributed by atoms with Crippen molar-refractivity contribution in [1.29, 1.82) is 0 Å². The van der Waals surface area contributed by atoms with Crippen molar-refractivity contribution >= 4 is 28.3 Å². The molecule has 0 spiro atoms. The highest BCUT2D eigenvalue weighted by molar-refractivity contribution is 6.33. The van der Waals surface area contributed by atoms with Crippen LogP contribution in [-0.4, -0.2) is 37.4 Å². The average molecular weight is 348 g/mol. The number of hydrogen-bond donors (Lipinski definition) is 2. The van der Waals surface area contributed by atoms with Gasteiger partial charge in [-0.1, -0.05) is 29.8 Å². The molecule has 8 heteroatoms. The minimum Gasteiger partial charge on any atom is -0.394 e. The van der Waals surface area contributed by atoms with E-state index in [0.717, 1.165) is 0 Å². The Kier molecular flexibility index (Phi) is 4.48. The molecule has 124 valence electrons. The van der Waals surface area contributed by atoms with Crippen LogP contribution >= 0.6 is 11.6 Å². The van der Waals surface area contributed by atoms with Gasteiger partial charge in [-0.25, -0.2) is 4.98 Å². The lowest BCUT2D eigenvalue weighted by molar-refractivity contribution is -0.384. The van der Waals surface area contributed by atoms with Gasteiger partial charge in [-0.3, -0.25) is 10.1 Å². The number of halogens is 1. The Bertz CT molecular complexity index is 909. The summed E-state index contributed by atoms with van der Waals surface area (Å²) in [5.74, 6) is 0.318. The maximum atomic E-state index is 11.4. The van der Waals surface area contributed by atoms with Crippen LogP contribution in [0.15, 0.2) is 42.5 Å². The number of benzene rings is 2. The van der Waals surface area contributed by atoms with Crippen LogP contribution in [-0.2, 0) is 6.54 Å². The lowest BCUT2D eigenvalue weighted by Gasteiger charge is -2.13. The van der Waals surface area contributed by atoms with Crippen molar-refractivity contribution in [1.82, 2.24) is 9.55 Å². The van der Waals surface area contributed by atoms with E-state index in [1.165, 1.54) is 6.07 Å². The minimum atomic E-state index is -1.01. The molecule has 0 saturated carbocycles. The van der Waals surface area contributed by atoms with Crippen molar-refractivity contribution in [3.8, 4) is 11.4 Å². The molecule has 7 nitrogen and oxygen atoms in total. The van der Waals surface area contributed by atoms with Gasteiger partial charge in [0.25, 0.3) is 5.69 Å². The first kappa shape index (κ1) is 16.4. The van der Waals surface area contributed by atoms with Gasteiger partial charge in [-0.05, 0) is 24.3 Å². The van der Waals surface area contributed by atoms with E-state index in [9.17, 15) is 15.2 Å². The SMILES string of the molecule is O=[N+]([O-])c1c(Cl)cccc1-c1nc2ccccc2n1CC(O)CO. The number of nitro groups is 1. The van der Waals surface area contributed by atoms with Gasteiger partial charge in [0.05, 0.1) is 40.8 Å². The molecule has 0 saturated heterocycles. The first-order valence-corrected chi connectivity index (χ1v) is 7.58. The number of para-hydroxylation sites is 3. The van der Waals surface area contributed by atoms with Crippen LogP contribution in [0.5, 0.6) is 0 Å². The molecule has 2 N–H and O–H groups in total. The summed E-state index contributed by atoms with van der Waals surface area (Å²) < 4.78 is 1.65. The second kappa shape index (κ2) is 6.56.